The molecule has 1 atom stereocenters. The lowest BCUT2D eigenvalue weighted by Crippen LogP contribution is -2.17. The first kappa shape index (κ1) is 9.66. The second kappa shape index (κ2) is 5.45. The molecule has 0 aromatic carbocycles. The van der Waals surface area contributed by atoms with E-state index in [1.807, 2.05) is 20.2 Å². The van der Waals surface area contributed by atoms with Crippen LogP contribution in [-0.4, -0.2) is 25.8 Å². The number of nitrogens with zero attached hydrogens (tertiary/aromatic N) is 1. The van der Waals surface area contributed by atoms with Gasteiger partial charge in [-0.1, -0.05) is 13.0 Å². The van der Waals surface area contributed by atoms with Crippen LogP contribution >= 0.6 is 0 Å². The Morgan fingerprint density at radius 2 is 2.20 bits per heavy atom. The summed E-state index contributed by atoms with van der Waals surface area (Å²) in [5, 5.41) is 1.72. The molecule has 2 nitrogen and oxygen atoms in total. The average Bonchev–Trinajstić information content (AvgIpc) is 1.85. The van der Waals surface area contributed by atoms with Crippen molar-refractivity contribution in [2.75, 3.05) is 20.7 Å². The molecule has 0 aliphatic heterocycles. The first-order chi connectivity index (χ1) is 4.66. The number of hydrogen-bond acceptors (Lipinski definition) is 2. The number of hydroxylamine groups is 2. The smallest absolute Gasteiger partial charge is 0.0713 e. The highest BCUT2D eigenvalue weighted by molar-refractivity contribution is 4.69. The van der Waals surface area contributed by atoms with Gasteiger partial charge in [0.05, 0.1) is 6.61 Å². The standard InChI is InChI=1S/C8H17NO/c1-5-6-8(2)7-10-9(3)4/h5,8H,1,6-7H2,2-4H3. The van der Waals surface area contributed by atoms with Crippen molar-refractivity contribution in [2.45, 2.75) is 13.3 Å². The third kappa shape index (κ3) is 5.79. The highest BCUT2D eigenvalue weighted by atomic mass is 16.7. The highest BCUT2D eigenvalue weighted by Crippen LogP contribution is 2.02. The van der Waals surface area contributed by atoms with E-state index in [1.165, 1.54) is 0 Å². The van der Waals surface area contributed by atoms with Gasteiger partial charge in [0.15, 0.2) is 0 Å². The molecule has 0 radical (unpaired) electrons. The van der Waals surface area contributed by atoms with Crippen LogP contribution in [0.25, 0.3) is 0 Å². The molecule has 0 fully saturated rings. The summed E-state index contributed by atoms with van der Waals surface area (Å²) < 4.78 is 0. The summed E-state index contributed by atoms with van der Waals surface area (Å²) in [6.45, 7) is 6.58. The van der Waals surface area contributed by atoms with Gasteiger partial charge in [-0.2, -0.15) is 5.06 Å². The van der Waals surface area contributed by atoms with Gasteiger partial charge in [0.1, 0.15) is 0 Å². The van der Waals surface area contributed by atoms with Gasteiger partial charge >= 0.3 is 0 Å². The topological polar surface area (TPSA) is 12.5 Å². The van der Waals surface area contributed by atoms with Gasteiger partial charge < -0.3 is 0 Å². The third-order valence-electron chi connectivity index (χ3n) is 1.19. The molecular weight excluding hydrogens is 126 g/mol. The van der Waals surface area contributed by atoms with Gasteiger partial charge in [-0.25, -0.2) is 0 Å². The van der Waals surface area contributed by atoms with Crippen LogP contribution in [0.2, 0.25) is 0 Å². The first-order valence-electron chi connectivity index (χ1n) is 3.58. The van der Waals surface area contributed by atoms with Crippen LogP contribution in [0.1, 0.15) is 13.3 Å². The Bertz CT molecular complexity index is 91.3. The molecule has 60 valence electrons. The van der Waals surface area contributed by atoms with Crippen LogP contribution in [0.5, 0.6) is 0 Å². The van der Waals surface area contributed by atoms with Crippen molar-refractivity contribution in [1.82, 2.24) is 5.06 Å². The van der Waals surface area contributed by atoms with Crippen molar-refractivity contribution >= 4 is 0 Å². The predicted molar refractivity (Wildman–Crippen MR) is 43.6 cm³/mol. The van der Waals surface area contributed by atoms with Gasteiger partial charge in [0.2, 0.25) is 0 Å². The molecule has 0 saturated carbocycles. The van der Waals surface area contributed by atoms with Crippen molar-refractivity contribution in [3.63, 3.8) is 0 Å². The van der Waals surface area contributed by atoms with Crippen LogP contribution in [0.4, 0.5) is 0 Å². The Kier molecular flexibility index (Phi) is 5.26. The quantitative estimate of drug-likeness (QED) is 0.429. The van der Waals surface area contributed by atoms with E-state index >= 15 is 0 Å². The molecule has 10 heavy (non-hydrogen) atoms. The molecule has 0 N–H and O–H groups in total. The van der Waals surface area contributed by atoms with Crippen LogP contribution < -0.4 is 0 Å². The lowest BCUT2D eigenvalue weighted by molar-refractivity contribution is -0.130. The SMILES string of the molecule is C=CCC(C)CON(C)C. The Morgan fingerprint density at radius 1 is 1.60 bits per heavy atom. The van der Waals surface area contributed by atoms with E-state index in [2.05, 4.69) is 13.5 Å². The summed E-state index contributed by atoms with van der Waals surface area (Å²) in [6.07, 6.45) is 2.94. The molecule has 0 rings (SSSR count). The first-order valence-corrected chi connectivity index (χ1v) is 3.58. The van der Waals surface area contributed by atoms with Crippen LogP contribution in [0, 0.1) is 5.92 Å². The van der Waals surface area contributed by atoms with Crippen molar-refractivity contribution < 1.29 is 4.84 Å². The number of hydrogen-bond donors (Lipinski definition) is 0. The minimum atomic E-state index is 0.569. The van der Waals surface area contributed by atoms with Gasteiger partial charge in [0.25, 0.3) is 0 Å². The average molecular weight is 143 g/mol. The predicted octanol–water partition coefficient (Wildman–Crippen LogP) is 1.69. The van der Waals surface area contributed by atoms with Gasteiger partial charge in [0, 0.05) is 14.1 Å². The summed E-state index contributed by atoms with van der Waals surface area (Å²) in [5.41, 5.74) is 0. The summed E-state index contributed by atoms with van der Waals surface area (Å²) in [6, 6.07) is 0. The van der Waals surface area contributed by atoms with Crippen LogP contribution in [0.3, 0.4) is 0 Å². The van der Waals surface area contributed by atoms with E-state index in [0.717, 1.165) is 13.0 Å². The second-order valence-corrected chi connectivity index (χ2v) is 2.74. The second-order valence-electron chi connectivity index (χ2n) is 2.74. The van der Waals surface area contributed by atoms with E-state index in [0.29, 0.717) is 5.92 Å². The Balaban J connectivity index is 3.20. The molecule has 2 heteroatoms. The van der Waals surface area contributed by atoms with Gasteiger partial charge in [-0.05, 0) is 12.3 Å². The molecule has 0 aromatic rings. The van der Waals surface area contributed by atoms with Gasteiger partial charge in [-0.15, -0.1) is 6.58 Å². The van der Waals surface area contributed by atoms with Crippen molar-refractivity contribution in [3.8, 4) is 0 Å². The van der Waals surface area contributed by atoms with Crippen LogP contribution in [0.15, 0.2) is 12.7 Å². The van der Waals surface area contributed by atoms with Crippen molar-refractivity contribution in [3.05, 3.63) is 12.7 Å². The fraction of sp³-hybridized carbons (Fsp3) is 0.750. The summed E-state index contributed by atoms with van der Waals surface area (Å²) in [5.74, 6) is 0.569. The fourth-order valence-electron chi connectivity index (χ4n) is 0.629. The largest absolute Gasteiger partial charge is 0.299 e. The highest BCUT2D eigenvalue weighted by Gasteiger charge is 1.99. The molecule has 0 aliphatic rings. The monoisotopic (exact) mass is 143 g/mol. The molecule has 0 bridgehead atoms. The summed E-state index contributed by atoms with van der Waals surface area (Å²) in [7, 11) is 3.78. The fourth-order valence-corrected chi connectivity index (χ4v) is 0.629. The zero-order valence-electron chi connectivity index (χ0n) is 7.13. The molecule has 0 aliphatic carbocycles. The lowest BCUT2D eigenvalue weighted by atomic mass is 10.1. The molecule has 1 unspecified atom stereocenters. The van der Waals surface area contributed by atoms with E-state index < -0.39 is 0 Å². The maximum absolute atomic E-state index is 5.24. The number of allylic oxidation sites excluding steroid dienone is 1. The maximum atomic E-state index is 5.24. The lowest BCUT2D eigenvalue weighted by Gasteiger charge is -2.13. The maximum Gasteiger partial charge on any atom is 0.0713 e. The summed E-state index contributed by atoms with van der Waals surface area (Å²) >= 11 is 0. The Labute approximate surface area is 63.4 Å². The normalized spacial score (nSPS) is 13.6. The number of rotatable bonds is 5. The van der Waals surface area contributed by atoms with E-state index in [4.69, 9.17) is 4.84 Å². The minimum absolute atomic E-state index is 0.569. The van der Waals surface area contributed by atoms with Crippen LogP contribution in [-0.2, 0) is 4.84 Å². The zero-order valence-corrected chi connectivity index (χ0v) is 7.13. The Morgan fingerprint density at radius 3 is 2.60 bits per heavy atom. The molecule has 0 amide bonds. The van der Waals surface area contributed by atoms with E-state index in [1.54, 1.807) is 5.06 Å². The minimum Gasteiger partial charge on any atom is -0.299 e. The molecular formula is C8H17NO. The van der Waals surface area contributed by atoms with Crippen molar-refractivity contribution in [1.29, 1.82) is 0 Å². The van der Waals surface area contributed by atoms with Gasteiger partial charge in [-0.3, -0.25) is 4.84 Å². The molecule has 0 spiro atoms. The molecule has 0 saturated heterocycles. The molecule has 0 heterocycles. The Hall–Kier alpha value is -0.340. The van der Waals surface area contributed by atoms with E-state index in [9.17, 15) is 0 Å². The van der Waals surface area contributed by atoms with Crippen molar-refractivity contribution in [2.24, 2.45) is 5.92 Å². The summed E-state index contributed by atoms with van der Waals surface area (Å²) in [4.78, 5) is 5.24. The third-order valence-corrected chi connectivity index (χ3v) is 1.19. The zero-order chi connectivity index (χ0) is 7.98. The molecule has 0 aromatic heterocycles. The van der Waals surface area contributed by atoms with E-state index in [-0.39, 0.29) is 0 Å².